The lowest BCUT2D eigenvalue weighted by Crippen LogP contribution is -2.18. The minimum absolute atomic E-state index is 0.0761. The molecule has 0 radical (unpaired) electrons. The van der Waals surface area contributed by atoms with Gasteiger partial charge in [0, 0.05) is 16.2 Å². The van der Waals surface area contributed by atoms with E-state index in [1.54, 1.807) is 6.07 Å². The van der Waals surface area contributed by atoms with Crippen molar-refractivity contribution in [2.24, 2.45) is 0 Å². The number of hydrogen-bond donors (Lipinski definition) is 1. The average molecular weight is 338 g/mol. The zero-order valence-corrected chi connectivity index (χ0v) is 12.7. The van der Waals surface area contributed by atoms with Crippen LogP contribution in [0.3, 0.4) is 0 Å². The number of nitrogens with one attached hydrogen (secondary N) is 1. The molecule has 19 heavy (non-hydrogen) atoms. The normalized spacial score (nSPS) is 13.4. The number of benzene rings is 1. The van der Waals surface area contributed by atoms with E-state index >= 15 is 0 Å². The standard InChI is InChI=1S/C14H19BrF3N/c1-3-5-6-10(4-2)19-11-7-8-13(15)12(9-11)14(16,17)18/h7-10,19H,3-6H2,1-2H3. The van der Waals surface area contributed by atoms with Crippen LogP contribution in [0.5, 0.6) is 0 Å². The lowest BCUT2D eigenvalue weighted by molar-refractivity contribution is -0.138. The highest BCUT2D eigenvalue weighted by Crippen LogP contribution is 2.36. The molecule has 1 N–H and O–H groups in total. The fraction of sp³-hybridized carbons (Fsp3) is 0.571. The first kappa shape index (κ1) is 16.3. The van der Waals surface area contributed by atoms with Gasteiger partial charge in [-0.25, -0.2) is 0 Å². The number of hydrogen-bond acceptors (Lipinski definition) is 1. The van der Waals surface area contributed by atoms with Gasteiger partial charge in [-0.15, -0.1) is 0 Å². The maximum atomic E-state index is 12.8. The Balaban J connectivity index is 2.84. The van der Waals surface area contributed by atoms with Gasteiger partial charge in [-0.1, -0.05) is 42.6 Å². The van der Waals surface area contributed by atoms with Gasteiger partial charge in [-0.05, 0) is 31.0 Å². The number of halogens is 4. The molecule has 1 rings (SSSR count). The second-order valence-corrected chi connectivity index (χ2v) is 5.44. The van der Waals surface area contributed by atoms with E-state index in [0.29, 0.717) is 5.69 Å². The Morgan fingerprint density at radius 1 is 1.26 bits per heavy atom. The summed E-state index contributed by atoms with van der Waals surface area (Å²) in [6.07, 6.45) is -0.288. The molecule has 5 heteroatoms. The van der Waals surface area contributed by atoms with Crippen molar-refractivity contribution in [3.8, 4) is 0 Å². The summed E-state index contributed by atoms with van der Waals surface area (Å²) in [6.45, 7) is 4.14. The van der Waals surface area contributed by atoms with E-state index in [2.05, 4.69) is 28.2 Å². The molecular formula is C14H19BrF3N. The summed E-state index contributed by atoms with van der Waals surface area (Å²) in [5.74, 6) is 0. The number of alkyl halides is 3. The highest BCUT2D eigenvalue weighted by atomic mass is 79.9. The van der Waals surface area contributed by atoms with Crippen molar-refractivity contribution < 1.29 is 13.2 Å². The van der Waals surface area contributed by atoms with Crippen LogP contribution in [0, 0.1) is 0 Å². The first-order valence-corrected chi connectivity index (χ1v) is 7.31. The molecule has 1 aromatic carbocycles. The largest absolute Gasteiger partial charge is 0.417 e. The third-order valence-electron chi connectivity index (χ3n) is 3.04. The van der Waals surface area contributed by atoms with E-state index in [9.17, 15) is 13.2 Å². The van der Waals surface area contributed by atoms with E-state index in [0.717, 1.165) is 25.7 Å². The molecule has 0 aliphatic carbocycles. The molecule has 0 fully saturated rings. The molecular weight excluding hydrogens is 319 g/mol. The van der Waals surface area contributed by atoms with Crippen LogP contribution >= 0.6 is 15.9 Å². The summed E-state index contributed by atoms with van der Waals surface area (Å²) in [7, 11) is 0. The van der Waals surface area contributed by atoms with Gasteiger partial charge in [-0.3, -0.25) is 0 Å². The SMILES string of the molecule is CCCCC(CC)Nc1ccc(Br)c(C(F)(F)F)c1. The summed E-state index contributed by atoms with van der Waals surface area (Å²) in [6, 6.07) is 4.51. The van der Waals surface area contributed by atoms with Crippen LogP contribution in [0.25, 0.3) is 0 Å². The molecule has 0 saturated heterocycles. The number of rotatable bonds is 6. The maximum absolute atomic E-state index is 12.8. The Morgan fingerprint density at radius 2 is 1.95 bits per heavy atom. The van der Waals surface area contributed by atoms with Crippen LogP contribution < -0.4 is 5.32 Å². The zero-order chi connectivity index (χ0) is 14.5. The quantitative estimate of drug-likeness (QED) is 0.686. The third kappa shape index (κ3) is 5.05. The Hall–Kier alpha value is -0.710. The minimum Gasteiger partial charge on any atom is -0.382 e. The molecule has 0 heterocycles. The molecule has 0 amide bonds. The van der Waals surface area contributed by atoms with Gasteiger partial charge in [0.2, 0.25) is 0 Å². The van der Waals surface area contributed by atoms with Crippen LogP contribution in [0.15, 0.2) is 22.7 Å². The van der Waals surface area contributed by atoms with Gasteiger partial charge in [0.05, 0.1) is 5.56 Å². The Labute approximate surface area is 120 Å². The highest BCUT2D eigenvalue weighted by Gasteiger charge is 2.33. The van der Waals surface area contributed by atoms with Crippen LogP contribution in [0.2, 0.25) is 0 Å². The molecule has 1 unspecified atom stereocenters. The predicted octanol–water partition coefficient (Wildman–Crippen LogP) is 5.85. The van der Waals surface area contributed by atoms with Gasteiger partial charge in [-0.2, -0.15) is 13.2 Å². The molecule has 1 nitrogen and oxygen atoms in total. The molecule has 0 bridgehead atoms. The van der Waals surface area contributed by atoms with Crippen LogP contribution in [-0.4, -0.2) is 6.04 Å². The summed E-state index contributed by atoms with van der Waals surface area (Å²) >= 11 is 2.94. The van der Waals surface area contributed by atoms with Crippen molar-refractivity contribution in [3.05, 3.63) is 28.2 Å². The van der Waals surface area contributed by atoms with Gasteiger partial charge >= 0.3 is 6.18 Å². The molecule has 0 saturated carbocycles. The Kier molecular flexibility index (Phi) is 6.17. The van der Waals surface area contributed by atoms with E-state index in [1.807, 2.05) is 6.92 Å². The van der Waals surface area contributed by atoms with E-state index in [-0.39, 0.29) is 10.5 Å². The van der Waals surface area contributed by atoms with Gasteiger partial charge in [0.15, 0.2) is 0 Å². The second-order valence-electron chi connectivity index (χ2n) is 4.58. The fourth-order valence-corrected chi connectivity index (χ4v) is 2.37. The average Bonchev–Trinajstić information content (AvgIpc) is 2.35. The van der Waals surface area contributed by atoms with Crippen molar-refractivity contribution in [1.82, 2.24) is 0 Å². The second kappa shape index (κ2) is 7.17. The third-order valence-corrected chi connectivity index (χ3v) is 3.73. The lowest BCUT2D eigenvalue weighted by Gasteiger charge is -2.19. The van der Waals surface area contributed by atoms with E-state index < -0.39 is 11.7 Å². The predicted molar refractivity (Wildman–Crippen MR) is 76.4 cm³/mol. The summed E-state index contributed by atoms with van der Waals surface area (Å²) in [4.78, 5) is 0. The molecule has 108 valence electrons. The van der Waals surface area contributed by atoms with Crippen molar-refractivity contribution in [2.45, 2.75) is 51.7 Å². The molecule has 0 aromatic heterocycles. The summed E-state index contributed by atoms with van der Waals surface area (Å²) < 4.78 is 38.5. The van der Waals surface area contributed by atoms with Crippen molar-refractivity contribution >= 4 is 21.6 Å². The van der Waals surface area contributed by atoms with Crippen molar-refractivity contribution in [1.29, 1.82) is 0 Å². The fourth-order valence-electron chi connectivity index (χ4n) is 1.90. The molecule has 0 aliphatic rings. The molecule has 1 aromatic rings. The molecule has 0 spiro atoms. The maximum Gasteiger partial charge on any atom is 0.417 e. The monoisotopic (exact) mass is 337 g/mol. The van der Waals surface area contributed by atoms with E-state index in [1.165, 1.54) is 12.1 Å². The van der Waals surface area contributed by atoms with Crippen LogP contribution in [0.1, 0.15) is 45.1 Å². The molecule has 1 atom stereocenters. The highest BCUT2D eigenvalue weighted by molar-refractivity contribution is 9.10. The molecule has 0 aliphatic heterocycles. The smallest absolute Gasteiger partial charge is 0.382 e. The number of unbranched alkanes of at least 4 members (excludes halogenated alkanes) is 1. The van der Waals surface area contributed by atoms with Crippen LogP contribution in [0.4, 0.5) is 18.9 Å². The summed E-state index contributed by atoms with van der Waals surface area (Å²) in [5, 5.41) is 3.18. The van der Waals surface area contributed by atoms with Gasteiger partial charge < -0.3 is 5.32 Å². The number of anilines is 1. The van der Waals surface area contributed by atoms with Crippen LogP contribution in [-0.2, 0) is 6.18 Å². The van der Waals surface area contributed by atoms with Crippen molar-refractivity contribution in [2.75, 3.05) is 5.32 Å². The lowest BCUT2D eigenvalue weighted by atomic mass is 10.1. The van der Waals surface area contributed by atoms with Crippen molar-refractivity contribution in [3.63, 3.8) is 0 Å². The summed E-state index contributed by atoms with van der Waals surface area (Å²) in [5.41, 5.74) is -0.110. The minimum atomic E-state index is -4.33. The van der Waals surface area contributed by atoms with Gasteiger partial charge in [0.25, 0.3) is 0 Å². The van der Waals surface area contributed by atoms with Gasteiger partial charge in [0.1, 0.15) is 0 Å². The first-order chi connectivity index (χ1) is 8.88. The topological polar surface area (TPSA) is 12.0 Å². The first-order valence-electron chi connectivity index (χ1n) is 6.51. The Bertz CT molecular complexity index is 404. The Morgan fingerprint density at radius 3 is 2.47 bits per heavy atom. The van der Waals surface area contributed by atoms with E-state index in [4.69, 9.17) is 0 Å². The zero-order valence-electron chi connectivity index (χ0n) is 11.1.